The zero-order valence-corrected chi connectivity index (χ0v) is 6.93. The molecule has 0 saturated heterocycles. The van der Waals surface area contributed by atoms with Crippen molar-refractivity contribution in [2.75, 3.05) is 0 Å². The fourth-order valence-corrected chi connectivity index (χ4v) is 1.57. The van der Waals surface area contributed by atoms with E-state index < -0.39 is 0 Å². The van der Waals surface area contributed by atoms with Crippen LogP contribution in [0.1, 0.15) is 33.1 Å². The van der Waals surface area contributed by atoms with Crippen molar-refractivity contribution < 1.29 is 0 Å². The Balaban J connectivity index is 2.41. The maximum atomic E-state index is 2.99. The average molecular weight is 130 g/mol. The number of rotatable bonds is 1. The minimum absolute atomic E-state index is 0.639. The minimum Gasteiger partial charge on any atom is -0.131 e. The van der Waals surface area contributed by atoms with Gasteiger partial charge in [-0.15, -0.1) is 9.24 Å². The molecular weight excluding hydrogens is 115 g/mol. The molecule has 1 fully saturated rings. The van der Waals surface area contributed by atoms with E-state index in [9.17, 15) is 0 Å². The molecule has 1 unspecified atom stereocenters. The molecule has 1 heteroatoms. The fraction of sp³-hybridized carbons (Fsp3) is 1.00. The lowest BCUT2D eigenvalue weighted by Gasteiger charge is -2.41. The Bertz CT molecular complexity index is 82.4. The molecule has 0 aromatic carbocycles. The quantitative estimate of drug-likeness (QED) is 0.478. The van der Waals surface area contributed by atoms with Gasteiger partial charge in [0, 0.05) is 0 Å². The highest BCUT2D eigenvalue weighted by Gasteiger charge is 2.34. The van der Waals surface area contributed by atoms with Crippen LogP contribution in [0.4, 0.5) is 0 Å². The van der Waals surface area contributed by atoms with Crippen LogP contribution in [-0.4, -0.2) is 5.16 Å². The van der Waals surface area contributed by atoms with Gasteiger partial charge >= 0.3 is 0 Å². The van der Waals surface area contributed by atoms with Gasteiger partial charge in [-0.05, 0) is 23.9 Å². The first-order valence-corrected chi connectivity index (χ1v) is 4.02. The van der Waals surface area contributed by atoms with Gasteiger partial charge in [0.15, 0.2) is 0 Å². The first-order chi connectivity index (χ1) is 3.65. The Morgan fingerprint density at radius 2 is 1.88 bits per heavy atom. The lowest BCUT2D eigenvalue weighted by atomic mass is 9.76. The zero-order chi connectivity index (χ0) is 6.20. The third kappa shape index (κ3) is 0.910. The van der Waals surface area contributed by atoms with Crippen LogP contribution >= 0.6 is 9.24 Å². The van der Waals surface area contributed by atoms with Gasteiger partial charge in [0.25, 0.3) is 0 Å². The molecule has 0 bridgehead atoms. The highest BCUT2D eigenvalue weighted by atomic mass is 31.0. The normalized spacial score (nSPS) is 25.5. The predicted molar refractivity (Wildman–Crippen MR) is 41.1 cm³/mol. The van der Waals surface area contributed by atoms with E-state index in [2.05, 4.69) is 23.1 Å². The van der Waals surface area contributed by atoms with Crippen LogP contribution < -0.4 is 0 Å². The lowest BCUT2D eigenvalue weighted by molar-refractivity contribution is 0.279. The Kier molecular flexibility index (Phi) is 1.63. The molecule has 1 aliphatic carbocycles. The summed E-state index contributed by atoms with van der Waals surface area (Å²) < 4.78 is 0. The topological polar surface area (TPSA) is 0 Å². The van der Waals surface area contributed by atoms with Crippen molar-refractivity contribution in [2.24, 2.45) is 5.92 Å². The molecule has 1 rings (SSSR count). The van der Waals surface area contributed by atoms with Crippen LogP contribution in [-0.2, 0) is 0 Å². The van der Waals surface area contributed by atoms with E-state index in [1.165, 1.54) is 19.3 Å². The van der Waals surface area contributed by atoms with Crippen molar-refractivity contribution in [1.82, 2.24) is 0 Å². The highest BCUT2D eigenvalue weighted by molar-refractivity contribution is 7.19. The third-order valence-electron chi connectivity index (χ3n) is 2.43. The second kappa shape index (κ2) is 1.99. The van der Waals surface area contributed by atoms with E-state index in [0.29, 0.717) is 5.16 Å². The SMILES string of the molecule is CC(C)C1(P)CCC1. The highest BCUT2D eigenvalue weighted by Crippen LogP contribution is 2.45. The molecule has 0 aromatic rings. The van der Waals surface area contributed by atoms with Gasteiger partial charge in [0.2, 0.25) is 0 Å². The molecule has 0 radical (unpaired) electrons. The van der Waals surface area contributed by atoms with E-state index in [1.54, 1.807) is 0 Å². The predicted octanol–water partition coefficient (Wildman–Crippen LogP) is 2.44. The van der Waals surface area contributed by atoms with Gasteiger partial charge in [-0.25, -0.2) is 0 Å². The molecule has 1 atom stereocenters. The van der Waals surface area contributed by atoms with Crippen molar-refractivity contribution in [3.8, 4) is 0 Å². The van der Waals surface area contributed by atoms with Gasteiger partial charge in [0.1, 0.15) is 0 Å². The van der Waals surface area contributed by atoms with Gasteiger partial charge in [-0.3, -0.25) is 0 Å². The standard InChI is InChI=1S/C7H15P/c1-6(2)7(8)4-3-5-7/h6H,3-5,8H2,1-2H3. The van der Waals surface area contributed by atoms with Gasteiger partial charge in [-0.1, -0.05) is 20.3 Å². The van der Waals surface area contributed by atoms with Gasteiger partial charge in [-0.2, -0.15) is 0 Å². The molecule has 0 aliphatic heterocycles. The molecule has 0 spiro atoms. The van der Waals surface area contributed by atoms with Crippen LogP contribution in [0.3, 0.4) is 0 Å². The second-order valence-electron chi connectivity index (χ2n) is 3.24. The number of hydrogen-bond acceptors (Lipinski definition) is 0. The van der Waals surface area contributed by atoms with Crippen molar-refractivity contribution >= 4 is 9.24 Å². The maximum absolute atomic E-state index is 2.99. The van der Waals surface area contributed by atoms with Gasteiger partial charge < -0.3 is 0 Å². The van der Waals surface area contributed by atoms with Crippen LogP contribution in [0.2, 0.25) is 0 Å². The summed E-state index contributed by atoms with van der Waals surface area (Å²) in [7, 11) is 2.99. The van der Waals surface area contributed by atoms with Crippen LogP contribution in [0.15, 0.2) is 0 Å². The second-order valence-corrected chi connectivity index (χ2v) is 4.39. The molecule has 8 heavy (non-hydrogen) atoms. The van der Waals surface area contributed by atoms with E-state index in [-0.39, 0.29) is 0 Å². The number of hydrogen-bond donors (Lipinski definition) is 0. The Labute approximate surface area is 54.3 Å². The molecule has 1 aliphatic rings. The molecule has 48 valence electrons. The van der Waals surface area contributed by atoms with Gasteiger partial charge in [0.05, 0.1) is 0 Å². The Morgan fingerprint density at radius 3 is 1.88 bits per heavy atom. The van der Waals surface area contributed by atoms with Crippen molar-refractivity contribution in [3.05, 3.63) is 0 Å². The van der Waals surface area contributed by atoms with Crippen molar-refractivity contribution in [2.45, 2.75) is 38.3 Å². The van der Waals surface area contributed by atoms with E-state index in [0.717, 1.165) is 5.92 Å². The smallest absolute Gasteiger partial charge is 0.0127 e. The van der Waals surface area contributed by atoms with E-state index in [4.69, 9.17) is 0 Å². The lowest BCUT2D eigenvalue weighted by Crippen LogP contribution is -2.35. The van der Waals surface area contributed by atoms with Crippen molar-refractivity contribution in [1.29, 1.82) is 0 Å². The van der Waals surface area contributed by atoms with Crippen molar-refractivity contribution in [3.63, 3.8) is 0 Å². The summed E-state index contributed by atoms with van der Waals surface area (Å²) in [5.41, 5.74) is 0. The van der Waals surface area contributed by atoms with E-state index >= 15 is 0 Å². The maximum Gasteiger partial charge on any atom is -0.0127 e. The minimum atomic E-state index is 0.639. The first-order valence-electron chi connectivity index (χ1n) is 3.44. The third-order valence-corrected chi connectivity index (χ3v) is 3.68. The summed E-state index contributed by atoms with van der Waals surface area (Å²) in [5, 5.41) is 0.639. The van der Waals surface area contributed by atoms with Crippen LogP contribution in [0.25, 0.3) is 0 Å². The summed E-state index contributed by atoms with van der Waals surface area (Å²) >= 11 is 0. The van der Waals surface area contributed by atoms with E-state index in [1.807, 2.05) is 0 Å². The summed E-state index contributed by atoms with van der Waals surface area (Å²) in [6.45, 7) is 4.62. The molecule has 0 heterocycles. The Hall–Kier alpha value is 0.430. The Morgan fingerprint density at radius 1 is 1.38 bits per heavy atom. The van der Waals surface area contributed by atoms with Crippen LogP contribution in [0.5, 0.6) is 0 Å². The average Bonchev–Trinajstić information content (AvgIpc) is 1.60. The molecular formula is C7H15P. The molecule has 0 aromatic heterocycles. The molecule has 0 amide bonds. The monoisotopic (exact) mass is 130 g/mol. The van der Waals surface area contributed by atoms with Crippen LogP contribution in [0, 0.1) is 5.92 Å². The summed E-state index contributed by atoms with van der Waals surface area (Å²) in [4.78, 5) is 0. The zero-order valence-electron chi connectivity index (χ0n) is 5.78. The summed E-state index contributed by atoms with van der Waals surface area (Å²) in [6, 6.07) is 0. The molecule has 0 N–H and O–H groups in total. The molecule has 0 nitrogen and oxygen atoms in total. The summed E-state index contributed by atoms with van der Waals surface area (Å²) in [5.74, 6) is 0.862. The largest absolute Gasteiger partial charge is 0.131 e. The fourth-order valence-electron chi connectivity index (χ4n) is 1.16. The molecule has 1 saturated carbocycles. The summed E-state index contributed by atoms with van der Waals surface area (Å²) in [6.07, 6.45) is 4.30. The first kappa shape index (κ1) is 6.55.